The van der Waals surface area contributed by atoms with Gasteiger partial charge in [0.1, 0.15) is 10.6 Å². The molecule has 3 heterocycles. The fourth-order valence-electron chi connectivity index (χ4n) is 4.53. The van der Waals surface area contributed by atoms with Gasteiger partial charge in [0, 0.05) is 33.5 Å². The molecule has 0 bridgehead atoms. The highest BCUT2D eigenvalue weighted by Gasteiger charge is 2.27. The van der Waals surface area contributed by atoms with Crippen molar-refractivity contribution >= 4 is 55.1 Å². The first kappa shape index (κ1) is 21.7. The van der Waals surface area contributed by atoms with Crippen LogP contribution in [0.2, 0.25) is 0 Å². The van der Waals surface area contributed by atoms with E-state index in [0.29, 0.717) is 17.1 Å². The molecule has 1 atom stereocenters. The maximum absolute atomic E-state index is 13.1. The smallest absolute Gasteiger partial charge is 0.254 e. The molecule has 168 valence electrons. The number of thiophene rings is 1. The van der Waals surface area contributed by atoms with Crippen LogP contribution in [0.3, 0.4) is 0 Å². The van der Waals surface area contributed by atoms with Crippen LogP contribution in [0.25, 0.3) is 11.0 Å². The normalized spacial score (nSPS) is 18.0. The monoisotopic (exact) mass is 516 g/mol. The van der Waals surface area contributed by atoms with Gasteiger partial charge in [-0.1, -0.05) is 15.9 Å². The molecule has 1 aromatic carbocycles. The molecule has 3 aromatic rings. The Kier molecular flexibility index (Phi) is 6.35. The van der Waals surface area contributed by atoms with E-state index < -0.39 is 0 Å². The van der Waals surface area contributed by atoms with Crippen molar-refractivity contribution in [3.8, 4) is 0 Å². The third-order valence-corrected chi connectivity index (χ3v) is 7.83. The van der Waals surface area contributed by atoms with E-state index >= 15 is 0 Å². The van der Waals surface area contributed by atoms with Crippen molar-refractivity contribution in [2.24, 2.45) is 0 Å². The largest absolute Gasteiger partial charge is 0.464 e. The minimum atomic E-state index is -0.153. The standard InChI is InChI=1S/C24H25BrN2O4S/c25-15-7-8-19-18(11-15)14(13-31-19)10-21(28)27-24-22(17-5-1-2-6-20(17)32-24)23(29)26-12-16-4-3-9-30-16/h7-8,11,13,16H,1-6,9-10,12H2,(H,26,29)(H,27,28). The molecule has 0 spiro atoms. The average molecular weight is 517 g/mol. The third-order valence-electron chi connectivity index (χ3n) is 6.13. The van der Waals surface area contributed by atoms with Gasteiger partial charge >= 0.3 is 0 Å². The zero-order valence-corrected chi connectivity index (χ0v) is 20.1. The number of hydrogen-bond acceptors (Lipinski definition) is 5. The predicted octanol–water partition coefficient (Wildman–Crippen LogP) is 5.23. The van der Waals surface area contributed by atoms with Crippen molar-refractivity contribution in [1.82, 2.24) is 5.32 Å². The fourth-order valence-corrected chi connectivity index (χ4v) is 6.19. The number of amides is 2. The molecule has 2 N–H and O–H groups in total. The highest BCUT2D eigenvalue weighted by molar-refractivity contribution is 9.10. The molecule has 2 aromatic heterocycles. The number of carbonyl (C=O) groups is 2. The molecular formula is C24H25BrN2O4S. The maximum atomic E-state index is 13.1. The fraction of sp³-hybridized carbons (Fsp3) is 0.417. The minimum absolute atomic E-state index is 0.0835. The van der Waals surface area contributed by atoms with E-state index in [2.05, 4.69) is 26.6 Å². The minimum Gasteiger partial charge on any atom is -0.464 e. The van der Waals surface area contributed by atoms with Gasteiger partial charge in [-0.25, -0.2) is 0 Å². The zero-order chi connectivity index (χ0) is 22.1. The van der Waals surface area contributed by atoms with Crippen molar-refractivity contribution in [3.05, 3.63) is 50.5 Å². The summed E-state index contributed by atoms with van der Waals surface area (Å²) >= 11 is 5.01. The number of halogens is 1. The molecule has 32 heavy (non-hydrogen) atoms. The van der Waals surface area contributed by atoms with Gasteiger partial charge in [0.25, 0.3) is 5.91 Å². The summed E-state index contributed by atoms with van der Waals surface area (Å²) in [6.07, 6.45) is 7.93. The number of nitrogens with one attached hydrogen (secondary N) is 2. The van der Waals surface area contributed by atoms with Crippen molar-refractivity contribution < 1.29 is 18.7 Å². The number of rotatable bonds is 6. The SMILES string of the molecule is O=C(Cc1coc2ccc(Br)cc12)Nc1sc2c(c1C(=O)NCC1CCCO1)CCCC2. The number of hydrogen-bond donors (Lipinski definition) is 2. The Labute approximate surface area is 198 Å². The summed E-state index contributed by atoms with van der Waals surface area (Å²) in [6, 6.07) is 5.74. The van der Waals surface area contributed by atoms with Crippen molar-refractivity contribution in [2.45, 2.75) is 51.0 Å². The van der Waals surface area contributed by atoms with Gasteiger partial charge in [0.2, 0.25) is 5.91 Å². The van der Waals surface area contributed by atoms with Crippen LogP contribution < -0.4 is 10.6 Å². The van der Waals surface area contributed by atoms with Crippen LogP contribution in [0.5, 0.6) is 0 Å². The van der Waals surface area contributed by atoms with Crippen LogP contribution in [-0.2, 0) is 28.8 Å². The van der Waals surface area contributed by atoms with Gasteiger partial charge in [-0.3, -0.25) is 9.59 Å². The second kappa shape index (κ2) is 9.37. The summed E-state index contributed by atoms with van der Waals surface area (Å²) in [5, 5.41) is 7.63. The van der Waals surface area contributed by atoms with E-state index in [9.17, 15) is 9.59 Å². The number of anilines is 1. The molecule has 1 fully saturated rings. The topological polar surface area (TPSA) is 80.6 Å². The second-order valence-electron chi connectivity index (χ2n) is 8.39. The van der Waals surface area contributed by atoms with Crippen LogP contribution in [0, 0.1) is 0 Å². The maximum Gasteiger partial charge on any atom is 0.254 e. The average Bonchev–Trinajstić information content (AvgIpc) is 3.51. The van der Waals surface area contributed by atoms with Gasteiger partial charge in [-0.15, -0.1) is 11.3 Å². The molecule has 1 aliphatic heterocycles. The quantitative estimate of drug-likeness (QED) is 0.470. The van der Waals surface area contributed by atoms with Crippen LogP contribution in [0.4, 0.5) is 5.00 Å². The lowest BCUT2D eigenvalue weighted by Crippen LogP contribution is -2.32. The Morgan fingerprint density at radius 1 is 1.19 bits per heavy atom. The van der Waals surface area contributed by atoms with Crippen molar-refractivity contribution in [3.63, 3.8) is 0 Å². The Morgan fingerprint density at radius 3 is 2.91 bits per heavy atom. The molecule has 1 aliphatic carbocycles. The predicted molar refractivity (Wildman–Crippen MR) is 129 cm³/mol. The van der Waals surface area contributed by atoms with Crippen LogP contribution in [0.1, 0.15) is 52.0 Å². The number of ether oxygens (including phenoxy) is 1. The van der Waals surface area contributed by atoms with E-state index in [1.54, 1.807) is 17.6 Å². The molecule has 8 heteroatoms. The van der Waals surface area contributed by atoms with Gasteiger partial charge in [-0.05, 0) is 62.3 Å². The summed E-state index contributed by atoms with van der Waals surface area (Å²) in [4.78, 5) is 27.3. The molecule has 2 aliphatic rings. The summed E-state index contributed by atoms with van der Waals surface area (Å²) in [5.74, 6) is -0.271. The third kappa shape index (κ3) is 4.49. The van der Waals surface area contributed by atoms with Crippen molar-refractivity contribution in [2.75, 3.05) is 18.5 Å². The summed E-state index contributed by atoms with van der Waals surface area (Å²) < 4.78 is 12.2. The number of fused-ring (bicyclic) bond motifs is 2. The van der Waals surface area contributed by atoms with Gasteiger partial charge in [0.05, 0.1) is 24.4 Å². The first-order valence-electron chi connectivity index (χ1n) is 11.1. The number of benzene rings is 1. The lowest BCUT2D eigenvalue weighted by molar-refractivity contribution is -0.115. The molecule has 2 amide bonds. The number of furan rings is 1. The van der Waals surface area contributed by atoms with Gasteiger partial charge in [0.15, 0.2) is 0 Å². The second-order valence-corrected chi connectivity index (χ2v) is 10.4. The molecule has 5 rings (SSSR count). The number of carbonyl (C=O) groups excluding carboxylic acids is 2. The highest BCUT2D eigenvalue weighted by Crippen LogP contribution is 2.38. The Morgan fingerprint density at radius 2 is 2.06 bits per heavy atom. The summed E-state index contributed by atoms with van der Waals surface area (Å²) in [7, 11) is 0. The highest BCUT2D eigenvalue weighted by atomic mass is 79.9. The first-order valence-corrected chi connectivity index (χ1v) is 12.7. The molecule has 0 radical (unpaired) electrons. The van der Waals surface area contributed by atoms with Crippen LogP contribution in [0.15, 0.2) is 33.4 Å². The number of aryl methyl sites for hydroxylation is 1. The Bertz CT molecular complexity index is 1160. The molecular weight excluding hydrogens is 492 g/mol. The molecule has 0 saturated carbocycles. The van der Waals surface area contributed by atoms with E-state index in [-0.39, 0.29) is 24.3 Å². The lowest BCUT2D eigenvalue weighted by Gasteiger charge is -2.15. The van der Waals surface area contributed by atoms with E-state index in [4.69, 9.17) is 9.15 Å². The van der Waals surface area contributed by atoms with Gasteiger partial charge < -0.3 is 19.8 Å². The lowest BCUT2D eigenvalue weighted by atomic mass is 9.95. The summed E-state index contributed by atoms with van der Waals surface area (Å²) in [6.45, 7) is 1.27. The van der Waals surface area contributed by atoms with E-state index in [0.717, 1.165) is 71.7 Å². The molecule has 6 nitrogen and oxygen atoms in total. The zero-order valence-electron chi connectivity index (χ0n) is 17.7. The first-order chi connectivity index (χ1) is 15.6. The Balaban J connectivity index is 1.35. The van der Waals surface area contributed by atoms with Crippen molar-refractivity contribution in [1.29, 1.82) is 0 Å². The van der Waals surface area contributed by atoms with Crippen LogP contribution in [-0.4, -0.2) is 31.1 Å². The van der Waals surface area contributed by atoms with E-state index in [1.165, 1.54) is 4.88 Å². The van der Waals surface area contributed by atoms with Crippen LogP contribution >= 0.6 is 27.3 Å². The van der Waals surface area contributed by atoms with E-state index in [1.807, 2.05) is 18.2 Å². The van der Waals surface area contributed by atoms with Gasteiger partial charge in [-0.2, -0.15) is 0 Å². The summed E-state index contributed by atoms with van der Waals surface area (Å²) in [5.41, 5.74) is 3.30. The molecule has 1 unspecified atom stereocenters. The Hall–Kier alpha value is -2.16. The molecule has 1 saturated heterocycles.